The SMILES string of the molecule is CCC1COCCN1C(=O)C1CCCC(N)C1C. The van der Waals surface area contributed by atoms with Crippen LogP contribution in [0.15, 0.2) is 0 Å². The van der Waals surface area contributed by atoms with Crippen LogP contribution in [0.2, 0.25) is 0 Å². The van der Waals surface area contributed by atoms with E-state index in [0.717, 1.165) is 32.2 Å². The molecule has 1 saturated heterocycles. The summed E-state index contributed by atoms with van der Waals surface area (Å²) in [5, 5.41) is 0. The van der Waals surface area contributed by atoms with Gasteiger partial charge in [-0.1, -0.05) is 20.3 Å². The molecule has 1 aliphatic heterocycles. The summed E-state index contributed by atoms with van der Waals surface area (Å²) in [6.45, 7) is 6.37. The minimum Gasteiger partial charge on any atom is -0.377 e. The number of hydrogen-bond donors (Lipinski definition) is 1. The summed E-state index contributed by atoms with van der Waals surface area (Å²) in [7, 11) is 0. The molecule has 1 amide bonds. The lowest BCUT2D eigenvalue weighted by atomic mass is 9.76. The Bertz CT molecular complexity index is 286. The van der Waals surface area contributed by atoms with Crippen molar-refractivity contribution >= 4 is 5.91 Å². The fraction of sp³-hybridized carbons (Fsp3) is 0.929. The summed E-state index contributed by atoms with van der Waals surface area (Å²) in [6, 6.07) is 0.449. The van der Waals surface area contributed by atoms with Crippen LogP contribution < -0.4 is 5.73 Å². The molecular formula is C14H26N2O2. The van der Waals surface area contributed by atoms with Gasteiger partial charge >= 0.3 is 0 Å². The maximum atomic E-state index is 12.7. The molecule has 4 atom stereocenters. The molecule has 2 aliphatic rings. The first kappa shape index (κ1) is 13.8. The van der Waals surface area contributed by atoms with E-state index < -0.39 is 0 Å². The van der Waals surface area contributed by atoms with E-state index in [0.29, 0.717) is 25.0 Å². The summed E-state index contributed by atoms with van der Waals surface area (Å²) in [6.07, 6.45) is 4.12. The van der Waals surface area contributed by atoms with Gasteiger partial charge in [-0.15, -0.1) is 0 Å². The number of amides is 1. The summed E-state index contributed by atoms with van der Waals surface area (Å²) < 4.78 is 5.47. The lowest BCUT2D eigenvalue weighted by molar-refractivity contribution is -0.147. The van der Waals surface area contributed by atoms with Gasteiger partial charge in [0.05, 0.1) is 19.3 Å². The van der Waals surface area contributed by atoms with Gasteiger partial charge in [-0.2, -0.15) is 0 Å². The van der Waals surface area contributed by atoms with Gasteiger partial charge in [0.15, 0.2) is 0 Å². The van der Waals surface area contributed by atoms with Crippen LogP contribution in [-0.4, -0.2) is 42.6 Å². The highest BCUT2D eigenvalue weighted by atomic mass is 16.5. The Morgan fingerprint density at radius 3 is 2.94 bits per heavy atom. The zero-order chi connectivity index (χ0) is 13.1. The molecule has 2 N–H and O–H groups in total. The zero-order valence-corrected chi connectivity index (χ0v) is 11.6. The topological polar surface area (TPSA) is 55.6 Å². The standard InChI is InChI=1S/C14H26N2O2/c1-3-11-9-18-8-7-16(11)14(17)12-5-4-6-13(15)10(12)2/h10-13H,3-9,15H2,1-2H3. The van der Waals surface area contributed by atoms with Crippen LogP contribution >= 0.6 is 0 Å². The highest BCUT2D eigenvalue weighted by molar-refractivity contribution is 5.79. The molecule has 4 unspecified atom stereocenters. The Hall–Kier alpha value is -0.610. The van der Waals surface area contributed by atoms with Gasteiger partial charge in [0.2, 0.25) is 5.91 Å². The molecule has 104 valence electrons. The van der Waals surface area contributed by atoms with Crippen molar-refractivity contribution < 1.29 is 9.53 Å². The molecule has 4 heteroatoms. The number of hydrogen-bond acceptors (Lipinski definition) is 3. The smallest absolute Gasteiger partial charge is 0.226 e. The Kier molecular flexibility index (Phi) is 4.62. The first-order valence-electron chi connectivity index (χ1n) is 7.29. The molecule has 1 saturated carbocycles. The second-order valence-electron chi connectivity index (χ2n) is 5.73. The number of nitrogens with two attached hydrogens (primary N) is 1. The van der Waals surface area contributed by atoms with Gasteiger partial charge in [0.25, 0.3) is 0 Å². The van der Waals surface area contributed by atoms with Crippen LogP contribution in [0, 0.1) is 11.8 Å². The third-order valence-electron chi connectivity index (χ3n) is 4.66. The third kappa shape index (κ3) is 2.69. The van der Waals surface area contributed by atoms with Crippen molar-refractivity contribution in [3.63, 3.8) is 0 Å². The van der Waals surface area contributed by atoms with E-state index in [-0.39, 0.29) is 18.0 Å². The van der Waals surface area contributed by atoms with Crippen molar-refractivity contribution in [2.45, 2.75) is 51.6 Å². The van der Waals surface area contributed by atoms with E-state index in [1.54, 1.807) is 0 Å². The van der Waals surface area contributed by atoms with Gasteiger partial charge in [0, 0.05) is 18.5 Å². The number of morpholine rings is 1. The van der Waals surface area contributed by atoms with E-state index in [1.807, 2.05) is 4.90 Å². The number of nitrogens with zero attached hydrogens (tertiary/aromatic N) is 1. The average Bonchev–Trinajstić information content (AvgIpc) is 2.41. The molecule has 0 bridgehead atoms. The molecule has 4 nitrogen and oxygen atoms in total. The number of carbonyl (C=O) groups is 1. The van der Waals surface area contributed by atoms with Crippen molar-refractivity contribution in [2.75, 3.05) is 19.8 Å². The van der Waals surface area contributed by atoms with Crippen LogP contribution in [0.25, 0.3) is 0 Å². The minimum absolute atomic E-state index is 0.126. The summed E-state index contributed by atoms with van der Waals surface area (Å²) in [5.74, 6) is 0.750. The van der Waals surface area contributed by atoms with Crippen molar-refractivity contribution in [1.82, 2.24) is 4.90 Å². The molecule has 1 aliphatic carbocycles. The molecule has 18 heavy (non-hydrogen) atoms. The van der Waals surface area contributed by atoms with Crippen LogP contribution in [0.5, 0.6) is 0 Å². The van der Waals surface area contributed by atoms with Crippen LogP contribution in [0.4, 0.5) is 0 Å². The van der Waals surface area contributed by atoms with Crippen LogP contribution in [-0.2, 0) is 9.53 Å². The predicted octanol–water partition coefficient (Wildman–Crippen LogP) is 1.39. The summed E-state index contributed by atoms with van der Waals surface area (Å²) in [4.78, 5) is 14.7. The largest absolute Gasteiger partial charge is 0.377 e. The van der Waals surface area contributed by atoms with E-state index >= 15 is 0 Å². The highest BCUT2D eigenvalue weighted by Crippen LogP contribution is 2.31. The minimum atomic E-state index is 0.126. The normalized spacial score (nSPS) is 37.6. The monoisotopic (exact) mass is 254 g/mol. The van der Waals surface area contributed by atoms with Crippen molar-refractivity contribution in [1.29, 1.82) is 0 Å². The number of rotatable bonds is 2. The zero-order valence-electron chi connectivity index (χ0n) is 11.6. The van der Waals surface area contributed by atoms with Gasteiger partial charge in [-0.3, -0.25) is 4.79 Å². The highest BCUT2D eigenvalue weighted by Gasteiger charge is 2.37. The van der Waals surface area contributed by atoms with Crippen molar-refractivity contribution in [3.05, 3.63) is 0 Å². The van der Waals surface area contributed by atoms with Crippen molar-refractivity contribution in [2.24, 2.45) is 17.6 Å². The molecule has 1 heterocycles. The molecule has 0 aromatic heterocycles. The van der Waals surface area contributed by atoms with E-state index in [2.05, 4.69) is 13.8 Å². The van der Waals surface area contributed by atoms with Gasteiger partial charge in [0.1, 0.15) is 0 Å². The van der Waals surface area contributed by atoms with Crippen LogP contribution in [0.3, 0.4) is 0 Å². The maximum Gasteiger partial charge on any atom is 0.226 e. The second-order valence-corrected chi connectivity index (χ2v) is 5.73. The predicted molar refractivity (Wildman–Crippen MR) is 71.1 cm³/mol. The number of ether oxygens (including phenoxy) is 1. The van der Waals surface area contributed by atoms with Gasteiger partial charge in [-0.05, 0) is 25.2 Å². The summed E-state index contributed by atoms with van der Waals surface area (Å²) >= 11 is 0. The fourth-order valence-corrected chi connectivity index (χ4v) is 3.24. The van der Waals surface area contributed by atoms with E-state index in [1.165, 1.54) is 0 Å². The summed E-state index contributed by atoms with van der Waals surface area (Å²) in [5.41, 5.74) is 6.11. The van der Waals surface area contributed by atoms with E-state index in [4.69, 9.17) is 10.5 Å². The maximum absolute atomic E-state index is 12.7. The number of carbonyl (C=O) groups excluding carboxylic acids is 1. The Morgan fingerprint density at radius 1 is 1.44 bits per heavy atom. The van der Waals surface area contributed by atoms with Gasteiger partial charge in [-0.25, -0.2) is 0 Å². The molecule has 0 radical (unpaired) electrons. The molecule has 0 spiro atoms. The molecule has 2 rings (SSSR count). The first-order valence-corrected chi connectivity index (χ1v) is 7.29. The Morgan fingerprint density at radius 2 is 2.22 bits per heavy atom. The molecular weight excluding hydrogens is 228 g/mol. The van der Waals surface area contributed by atoms with Crippen molar-refractivity contribution in [3.8, 4) is 0 Å². The quantitative estimate of drug-likeness (QED) is 0.810. The third-order valence-corrected chi connectivity index (χ3v) is 4.66. The molecule has 0 aromatic rings. The average molecular weight is 254 g/mol. The lowest BCUT2D eigenvalue weighted by Crippen LogP contribution is -2.53. The first-order chi connectivity index (χ1) is 8.65. The van der Waals surface area contributed by atoms with E-state index in [9.17, 15) is 4.79 Å². The van der Waals surface area contributed by atoms with Crippen LogP contribution in [0.1, 0.15) is 39.5 Å². The lowest BCUT2D eigenvalue weighted by Gasteiger charge is -2.41. The Balaban J connectivity index is 2.04. The molecule has 0 aromatic carbocycles. The fourth-order valence-electron chi connectivity index (χ4n) is 3.24. The molecule has 2 fully saturated rings. The Labute approximate surface area is 110 Å². The second kappa shape index (κ2) is 6.02. The van der Waals surface area contributed by atoms with Gasteiger partial charge < -0.3 is 15.4 Å².